The Balaban J connectivity index is 1.31. The topological polar surface area (TPSA) is 129 Å². The molecular weight excluding hydrogens is 502 g/mol. The number of aromatic nitrogens is 2. The lowest BCUT2D eigenvalue weighted by molar-refractivity contribution is 0.0982. The highest BCUT2D eigenvalue weighted by molar-refractivity contribution is 5.96. The van der Waals surface area contributed by atoms with Gasteiger partial charge in [0.15, 0.2) is 17.3 Å². The minimum atomic E-state index is -0.628. The van der Waals surface area contributed by atoms with Crippen molar-refractivity contribution in [3.8, 4) is 0 Å². The summed E-state index contributed by atoms with van der Waals surface area (Å²) >= 11 is 0. The van der Waals surface area contributed by atoms with Crippen molar-refractivity contribution < 1.29 is 4.79 Å². The van der Waals surface area contributed by atoms with E-state index in [0.29, 0.717) is 35.5 Å². The Morgan fingerprint density at radius 1 is 0.950 bits per heavy atom. The van der Waals surface area contributed by atoms with Crippen molar-refractivity contribution in [3.05, 3.63) is 59.4 Å². The fraction of sp³-hybridized carbons (Fsp3) is 0.433. The van der Waals surface area contributed by atoms with Gasteiger partial charge >= 0.3 is 0 Å². The van der Waals surface area contributed by atoms with Crippen LogP contribution in [0.4, 0.5) is 34.4 Å². The van der Waals surface area contributed by atoms with Crippen LogP contribution in [-0.4, -0.2) is 78.0 Å². The molecule has 0 bridgehead atoms. The monoisotopic (exact) mass is 543 g/mol. The van der Waals surface area contributed by atoms with Crippen molar-refractivity contribution in [2.24, 2.45) is 5.73 Å². The second kappa shape index (κ2) is 12.1. The molecule has 3 heterocycles. The van der Waals surface area contributed by atoms with E-state index in [1.54, 1.807) is 0 Å². The molecule has 1 amide bonds. The number of anilines is 6. The molecule has 0 aliphatic carbocycles. The van der Waals surface area contributed by atoms with Crippen LogP contribution in [0.1, 0.15) is 41.5 Å². The van der Waals surface area contributed by atoms with Gasteiger partial charge in [-0.15, -0.1) is 0 Å². The summed E-state index contributed by atoms with van der Waals surface area (Å²) in [5, 5.41) is 6.59. The van der Waals surface area contributed by atoms with E-state index in [2.05, 4.69) is 56.4 Å². The number of nitrogens with one attached hydrogen (secondary N) is 2. The lowest BCUT2D eigenvalue weighted by atomic mass is 10.0. The van der Waals surface area contributed by atoms with Gasteiger partial charge in [0.05, 0.1) is 5.69 Å². The van der Waals surface area contributed by atoms with Crippen LogP contribution in [0.25, 0.3) is 0 Å². The average molecular weight is 544 g/mol. The lowest BCUT2D eigenvalue weighted by Crippen LogP contribution is -2.52. The van der Waals surface area contributed by atoms with Gasteiger partial charge in [0, 0.05) is 68.1 Å². The van der Waals surface area contributed by atoms with Gasteiger partial charge in [-0.3, -0.25) is 9.69 Å². The molecule has 0 saturated carbocycles. The molecule has 6 N–H and O–H groups in total. The molecule has 212 valence electrons. The lowest BCUT2D eigenvalue weighted by Gasteiger charge is -2.43. The Hall–Kier alpha value is -3.89. The highest BCUT2D eigenvalue weighted by Gasteiger charge is 2.27. The number of nitrogens with two attached hydrogens (primary N) is 2. The molecule has 5 rings (SSSR count). The fourth-order valence-electron chi connectivity index (χ4n) is 5.71. The maximum Gasteiger partial charge on any atom is 0.271 e. The van der Waals surface area contributed by atoms with Gasteiger partial charge in [-0.05, 0) is 75.2 Å². The number of primary amides is 1. The van der Waals surface area contributed by atoms with Gasteiger partial charge in [0.2, 0.25) is 0 Å². The number of carbonyl (C=O) groups excluding carboxylic acids is 1. The van der Waals surface area contributed by atoms with Gasteiger partial charge in [-0.2, -0.15) is 0 Å². The molecule has 0 atom stereocenters. The van der Waals surface area contributed by atoms with Gasteiger partial charge in [0.1, 0.15) is 0 Å². The van der Waals surface area contributed by atoms with E-state index in [0.717, 1.165) is 37.6 Å². The summed E-state index contributed by atoms with van der Waals surface area (Å²) in [7, 11) is 2.21. The van der Waals surface area contributed by atoms with E-state index in [1.807, 2.05) is 37.3 Å². The number of piperidine rings is 1. The number of carbonyl (C=O) groups is 1. The number of aryl methyl sites for hydroxylation is 2. The summed E-state index contributed by atoms with van der Waals surface area (Å²) in [6.07, 6.45) is 2.96. The zero-order valence-corrected chi connectivity index (χ0v) is 23.8. The number of nitrogens with zero attached hydrogens (tertiary/aromatic N) is 5. The molecule has 2 saturated heterocycles. The molecule has 3 aromatic rings. The highest BCUT2D eigenvalue weighted by Crippen LogP contribution is 2.30. The summed E-state index contributed by atoms with van der Waals surface area (Å²) in [4.78, 5) is 29.2. The number of benzene rings is 2. The molecule has 2 aliphatic rings. The highest BCUT2D eigenvalue weighted by atomic mass is 16.1. The van der Waals surface area contributed by atoms with Crippen LogP contribution in [-0.2, 0) is 6.42 Å². The van der Waals surface area contributed by atoms with Crippen LogP contribution in [0, 0.1) is 6.92 Å². The van der Waals surface area contributed by atoms with Gasteiger partial charge in [-0.25, -0.2) is 9.97 Å². The van der Waals surface area contributed by atoms with Crippen LogP contribution in [0.3, 0.4) is 0 Å². The Labute approximate surface area is 236 Å². The molecular formula is C30H41N9O. The molecule has 0 unspecified atom stereocenters. The van der Waals surface area contributed by atoms with Crippen molar-refractivity contribution in [2.45, 2.75) is 39.2 Å². The summed E-state index contributed by atoms with van der Waals surface area (Å²) < 4.78 is 0. The number of nitrogen functional groups attached to an aromatic ring is 1. The first-order valence-corrected chi connectivity index (χ1v) is 14.2. The summed E-state index contributed by atoms with van der Waals surface area (Å²) in [5.41, 5.74) is 17.1. The summed E-state index contributed by atoms with van der Waals surface area (Å²) in [6.45, 7) is 10.9. The van der Waals surface area contributed by atoms with Gasteiger partial charge in [0.25, 0.3) is 5.91 Å². The first-order valence-electron chi connectivity index (χ1n) is 14.2. The normalized spacial score (nSPS) is 17.1. The molecule has 2 fully saturated rings. The molecule has 0 spiro atoms. The smallest absolute Gasteiger partial charge is 0.271 e. The minimum absolute atomic E-state index is 0.114. The SMILES string of the molecule is CCc1nc(C(N)=O)c(Nc2ccc(N3CCC(N4CCN(C)CC4)CC3)c(C)c2)nc1Nc1cccc(N)c1. The number of likely N-dealkylation sites (N-methyl/N-ethyl adjacent to an activating group) is 1. The van der Waals surface area contributed by atoms with E-state index in [9.17, 15) is 4.79 Å². The van der Waals surface area contributed by atoms with E-state index < -0.39 is 5.91 Å². The van der Waals surface area contributed by atoms with Gasteiger partial charge < -0.3 is 31.9 Å². The van der Waals surface area contributed by atoms with Crippen molar-refractivity contribution in [1.29, 1.82) is 0 Å². The van der Waals surface area contributed by atoms with Crippen molar-refractivity contribution in [1.82, 2.24) is 19.8 Å². The van der Waals surface area contributed by atoms with E-state index in [1.165, 1.54) is 37.2 Å². The molecule has 10 nitrogen and oxygen atoms in total. The maximum absolute atomic E-state index is 12.3. The fourth-order valence-corrected chi connectivity index (χ4v) is 5.71. The third-order valence-electron chi connectivity index (χ3n) is 8.00. The standard InChI is InChI=1S/C30H41N9O/c1-4-25-29(33-22-7-5-6-21(31)19-22)36-30(27(35-25)28(32)40)34-23-8-9-26(20(2)18-23)39-12-10-24(11-13-39)38-16-14-37(3)15-17-38/h5-9,18-19,24H,4,10-17,31H2,1-3H3,(H2,32,40)(H2,33,34,36). The number of rotatable bonds is 8. The predicted molar refractivity (Wildman–Crippen MR) is 163 cm³/mol. The van der Waals surface area contributed by atoms with Gasteiger partial charge in [-0.1, -0.05) is 13.0 Å². The molecule has 2 aliphatic heterocycles. The van der Waals surface area contributed by atoms with E-state index in [-0.39, 0.29) is 5.69 Å². The Morgan fingerprint density at radius 2 is 1.65 bits per heavy atom. The van der Waals surface area contributed by atoms with Crippen molar-refractivity contribution in [2.75, 3.05) is 67.6 Å². The van der Waals surface area contributed by atoms with E-state index >= 15 is 0 Å². The third kappa shape index (κ3) is 6.29. The molecule has 10 heteroatoms. The predicted octanol–water partition coefficient (Wildman–Crippen LogP) is 3.73. The maximum atomic E-state index is 12.3. The summed E-state index contributed by atoms with van der Waals surface area (Å²) in [6, 6.07) is 14.4. The Morgan fingerprint density at radius 3 is 2.30 bits per heavy atom. The molecule has 1 aromatic heterocycles. The minimum Gasteiger partial charge on any atom is -0.399 e. The molecule has 2 aromatic carbocycles. The first-order chi connectivity index (χ1) is 19.3. The Bertz CT molecular complexity index is 1350. The Kier molecular flexibility index (Phi) is 8.37. The first kappa shape index (κ1) is 27.7. The third-order valence-corrected chi connectivity index (χ3v) is 8.00. The van der Waals surface area contributed by atoms with Crippen LogP contribution in [0.15, 0.2) is 42.5 Å². The largest absolute Gasteiger partial charge is 0.399 e. The number of piperazine rings is 1. The average Bonchev–Trinajstić information content (AvgIpc) is 2.94. The quantitative estimate of drug-likeness (QED) is 0.314. The number of hydrogen-bond acceptors (Lipinski definition) is 9. The van der Waals surface area contributed by atoms with Crippen LogP contribution < -0.4 is 27.0 Å². The van der Waals surface area contributed by atoms with Crippen LogP contribution in [0.5, 0.6) is 0 Å². The second-order valence-corrected chi connectivity index (χ2v) is 10.9. The van der Waals surface area contributed by atoms with Crippen LogP contribution in [0.2, 0.25) is 0 Å². The molecule has 0 radical (unpaired) electrons. The zero-order chi connectivity index (χ0) is 28.2. The van der Waals surface area contributed by atoms with E-state index in [4.69, 9.17) is 16.5 Å². The molecule has 40 heavy (non-hydrogen) atoms. The summed E-state index contributed by atoms with van der Waals surface area (Å²) in [5.74, 6) is 0.241. The number of hydrogen-bond donors (Lipinski definition) is 4. The zero-order valence-electron chi connectivity index (χ0n) is 23.8. The number of amides is 1. The van der Waals surface area contributed by atoms with Crippen molar-refractivity contribution in [3.63, 3.8) is 0 Å². The second-order valence-electron chi connectivity index (χ2n) is 10.9. The van der Waals surface area contributed by atoms with Crippen molar-refractivity contribution >= 4 is 40.3 Å². The van der Waals surface area contributed by atoms with Crippen LogP contribution >= 0.6 is 0 Å².